The van der Waals surface area contributed by atoms with Gasteiger partial charge in [0, 0.05) is 7.05 Å². The van der Waals surface area contributed by atoms with Crippen molar-refractivity contribution in [2.45, 2.75) is 13.8 Å². The number of hydrogen-bond acceptors (Lipinski definition) is 3. The minimum Gasteiger partial charge on any atom is -0.270 e. The van der Waals surface area contributed by atoms with Gasteiger partial charge >= 0.3 is 0 Å². The lowest BCUT2D eigenvalue weighted by atomic mass is 10.3. The molecule has 0 bridgehead atoms. The molecule has 0 aliphatic carbocycles. The summed E-state index contributed by atoms with van der Waals surface area (Å²) in [6.07, 6.45) is 1.58. The lowest BCUT2D eigenvalue weighted by Crippen LogP contribution is -1.91. The highest BCUT2D eigenvalue weighted by atomic mass is 15.3. The first-order valence-electron chi connectivity index (χ1n) is 3.81. The van der Waals surface area contributed by atoms with Crippen molar-refractivity contribution >= 4 is 11.0 Å². The van der Waals surface area contributed by atoms with Crippen LogP contribution in [-0.4, -0.2) is 19.7 Å². The van der Waals surface area contributed by atoms with Gasteiger partial charge in [-0.15, -0.1) is 0 Å². The topological polar surface area (TPSA) is 43.6 Å². The molecule has 2 heterocycles. The van der Waals surface area contributed by atoms with Crippen LogP contribution in [0.1, 0.15) is 11.4 Å². The molecule has 12 heavy (non-hydrogen) atoms. The number of fused-ring (bicyclic) bond motifs is 1. The third-order valence-electron chi connectivity index (χ3n) is 2.08. The van der Waals surface area contributed by atoms with E-state index >= 15 is 0 Å². The summed E-state index contributed by atoms with van der Waals surface area (Å²) in [7, 11) is 1.91. The van der Waals surface area contributed by atoms with Crippen LogP contribution < -0.4 is 0 Å². The Morgan fingerprint density at radius 2 is 1.92 bits per heavy atom. The molecule has 62 valence electrons. The predicted molar refractivity (Wildman–Crippen MR) is 45.8 cm³/mol. The molecular weight excluding hydrogens is 152 g/mol. The van der Waals surface area contributed by atoms with Gasteiger partial charge in [-0.2, -0.15) is 5.10 Å². The monoisotopic (exact) mass is 162 g/mol. The third kappa shape index (κ3) is 0.809. The molecule has 2 aromatic rings. The van der Waals surface area contributed by atoms with Crippen LogP contribution in [0.3, 0.4) is 0 Å². The zero-order valence-electron chi connectivity index (χ0n) is 7.37. The molecule has 0 aliphatic heterocycles. The number of aromatic nitrogens is 4. The number of hydrogen-bond donors (Lipinski definition) is 0. The van der Waals surface area contributed by atoms with E-state index in [0.717, 1.165) is 22.4 Å². The van der Waals surface area contributed by atoms with Gasteiger partial charge in [0.2, 0.25) is 0 Å². The third-order valence-corrected chi connectivity index (χ3v) is 2.08. The normalized spacial score (nSPS) is 10.9. The Balaban J connectivity index is 2.95. The Labute approximate surface area is 70.3 Å². The molecule has 0 unspecified atom stereocenters. The molecule has 4 heteroatoms. The second-order valence-electron chi connectivity index (χ2n) is 2.87. The maximum atomic E-state index is 4.30. The van der Waals surface area contributed by atoms with E-state index in [1.165, 1.54) is 0 Å². The Morgan fingerprint density at radius 3 is 2.58 bits per heavy atom. The maximum Gasteiger partial charge on any atom is 0.132 e. The highest BCUT2D eigenvalue weighted by Gasteiger charge is 2.07. The van der Waals surface area contributed by atoms with Gasteiger partial charge < -0.3 is 0 Å². The van der Waals surface area contributed by atoms with Gasteiger partial charge in [-0.25, -0.2) is 9.97 Å². The van der Waals surface area contributed by atoms with E-state index < -0.39 is 0 Å². The molecule has 0 fully saturated rings. The molecule has 0 aliphatic rings. The van der Waals surface area contributed by atoms with E-state index in [0.29, 0.717) is 0 Å². The quantitative estimate of drug-likeness (QED) is 0.580. The summed E-state index contributed by atoms with van der Waals surface area (Å²) in [5, 5.41) is 4.30. The van der Waals surface area contributed by atoms with Crippen LogP contribution in [0.4, 0.5) is 0 Å². The summed E-state index contributed by atoms with van der Waals surface area (Å²) >= 11 is 0. The molecule has 0 saturated carbocycles. The number of rotatable bonds is 0. The highest BCUT2D eigenvalue weighted by Crippen LogP contribution is 2.14. The molecule has 2 aromatic heterocycles. The van der Waals surface area contributed by atoms with Crippen molar-refractivity contribution in [3.63, 3.8) is 0 Å². The van der Waals surface area contributed by atoms with Crippen LogP contribution in [0.5, 0.6) is 0 Å². The lowest BCUT2D eigenvalue weighted by molar-refractivity contribution is 0.749. The van der Waals surface area contributed by atoms with Gasteiger partial charge in [0.25, 0.3) is 0 Å². The molecule has 0 spiro atoms. The summed E-state index contributed by atoms with van der Waals surface area (Å²) in [6, 6.07) is 0. The number of nitrogens with zero attached hydrogens (tertiary/aromatic N) is 4. The molecule has 4 nitrogen and oxygen atoms in total. The molecule has 0 radical (unpaired) electrons. The van der Waals surface area contributed by atoms with Crippen molar-refractivity contribution in [3.05, 3.63) is 17.7 Å². The summed E-state index contributed by atoms with van der Waals surface area (Å²) in [5.41, 5.74) is 3.86. The SMILES string of the molecule is Cc1ncnc2c(C)n(C)nc12. The average molecular weight is 162 g/mol. The van der Waals surface area contributed by atoms with Crippen molar-refractivity contribution in [2.24, 2.45) is 7.05 Å². The Morgan fingerprint density at radius 1 is 1.17 bits per heavy atom. The Bertz CT molecular complexity index is 430. The van der Waals surface area contributed by atoms with E-state index in [-0.39, 0.29) is 0 Å². The highest BCUT2D eigenvalue weighted by molar-refractivity contribution is 5.78. The van der Waals surface area contributed by atoms with Gasteiger partial charge in [-0.1, -0.05) is 0 Å². The standard InChI is InChI=1S/C8H10N4/c1-5-7-8(10-4-9-5)6(2)12(3)11-7/h4H,1-3H3. The molecule has 2 rings (SSSR count). The van der Waals surface area contributed by atoms with E-state index in [2.05, 4.69) is 15.1 Å². The minimum absolute atomic E-state index is 0.900. The Hall–Kier alpha value is -1.45. The largest absolute Gasteiger partial charge is 0.270 e. The predicted octanol–water partition coefficient (Wildman–Crippen LogP) is 0.980. The number of aryl methyl sites for hydroxylation is 3. The van der Waals surface area contributed by atoms with Gasteiger partial charge in [-0.05, 0) is 13.8 Å². The van der Waals surface area contributed by atoms with Crippen LogP contribution in [0.2, 0.25) is 0 Å². The fourth-order valence-electron chi connectivity index (χ4n) is 1.23. The van der Waals surface area contributed by atoms with Gasteiger partial charge in [0.15, 0.2) is 0 Å². The van der Waals surface area contributed by atoms with E-state index in [1.807, 2.05) is 25.6 Å². The van der Waals surface area contributed by atoms with Crippen LogP contribution in [0, 0.1) is 13.8 Å². The molecular formula is C8H10N4. The summed E-state index contributed by atoms with van der Waals surface area (Å²) in [5.74, 6) is 0. The zero-order valence-corrected chi connectivity index (χ0v) is 7.37. The first kappa shape index (κ1) is 7.21. The van der Waals surface area contributed by atoms with Gasteiger partial charge in [0.05, 0.1) is 11.4 Å². The maximum absolute atomic E-state index is 4.30. The van der Waals surface area contributed by atoms with Gasteiger partial charge in [-0.3, -0.25) is 4.68 Å². The Kier molecular flexibility index (Phi) is 1.36. The molecule has 0 saturated heterocycles. The summed E-state index contributed by atoms with van der Waals surface area (Å²) < 4.78 is 1.83. The molecule has 0 N–H and O–H groups in total. The second kappa shape index (κ2) is 2.27. The van der Waals surface area contributed by atoms with E-state index in [9.17, 15) is 0 Å². The minimum atomic E-state index is 0.900. The second-order valence-corrected chi connectivity index (χ2v) is 2.87. The fraction of sp³-hybridized carbons (Fsp3) is 0.375. The van der Waals surface area contributed by atoms with Gasteiger partial charge in [0.1, 0.15) is 17.4 Å². The van der Waals surface area contributed by atoms with Crippen LogP contribution in [0.25, 0.3) is 11.0 Å². The first-order valence-corrected chi connectivity index (χ1v) is 3.81. The fourth-order valence-corrected chi connectivity index (χ4v) is 1.23. The van der Waals surface area contributed by atoms with Crippen molar-refractivity contribution < 1.29 is 0 Å². The van der Waals surface area contributed by atoms with E-state index in [1.54, 1.807) is 6.33 Å². The molecule has 0 amide bonds. The van der Waals surface area contributed by atoms with Crippen molar-refractivity contribution in [1.82, 2.24) is 19.7 Å². The van der Waals surface area contributed by atoms with E-state index in [4.69, 9.17) is 0 Å². The summed E-state index contributed by atoms with van der Waals surface area (Å²) in [6.45, 7) is 3.94. The molecule has 0 aromatic carbocycles. The lowest BCUT2D eigenvalue weighted by Gasteiger charge is -1.90. The van der Waals surface area contributed by atoms with Crippen molar-refractivity contribution in [2.75, 3.05) is 0 Å². The van der Waals surface area contributed by atoms with Crippen molar-refractivity contribution in [1.29, 1.82) is 0 Å². The molecule has 0 atom stereocenters. The average Bonchev–Trinajstić information content (AvgIpc) is 2.32. The summed E-state index contributed by atoms with van der Waals surface area (Å²) in [4.78, 5) is 8.24. The van der Waals surface area contributed by atoms with Crippen LogP contribution >= 0.6 is 0 Å². The first-order chi connectivity index (χ1) is 5.70. The smallest absolute Gasteiger partial charge is 0.132 e. The van der Waals surface area contributed by atoms with Crippen molar-refractivity contribution in [3.8, 4) is 0 Å². The zero-order chi connectivity index (χ0) is 8.72. The van der Waals surface area contributed by atoms with Crippen LogP contribution in [-0.2, 0) is 7.05 Å². The van der Waals surface area contributed by atoms with Crippen LogP contribution in [0.15, 0.2) is 6.33 Å².